The number of nitrogens with zero attached hydrogens (tertiary/aromatic N) is 1. The van der Waals surface area contributed by atoms with Gasteiger partial charge in [0.1, 0.15) is 29.4 Å². The number of para-hydroxylation sites is 1. The molecule has 8 nitrogen and oxygen atoms in total. The van der Waals surface area contributed by atoms with Crippen LogP contribution in [0.3, 0.4) is 0 Å². The maximum atomic E-state index is 12.5. The molecule has 128 valence electrons. The van der Waals surface area contributed by atoms with Crippen LogP contribution in [0.5, 0.6) is 11.5 Å². The molecule has 3 rings (SSSR count). The summed E-state index contributed by atoms with van der Waals surface area (Å²) < 4.78 is 5.07. The summed E-state index contributed by atoms with van der Waals surface area (Å²) in [7, 11) is 2.73. The van der Waals surface area contributed by atoms with Gasteiger partial charge in [-0.1, -0.05) is 6.07 Å². The first kappa shape index (κ1) is 16.3. The highest BCUT2D eigenvalue weighted by atomic mass is 16.5. The lowest BCUT2D eigenvalue weighted by Crippen LogP contribution is -2.98. The van der Waals surface area contributed by atoms with Gasteiger partial charge in [0.15, 0.2) is 11.5 Å². The molecule has 0 aliphatic carbocycles. The third kappa shape index (κ3) is 1.92. The summed E-state index contributed by atoms with van der Waals surface area (Å²) in [6.45, 7) is 1.38. The average Bonchev–Trinajstić information content (AvgIpc) is 2.98. The Morgan fingerprint density at radius 1 is 1.38 bits per heavy atom. The molecule has 2 aliphatic rings. The van der Waals surface area contributed by atoms with Gasteiger partial charge in [-0.3, -0.25) is 14.5 Å². The summed E-state index contributed by atoms with van der Waals surface area (Å²) >= 11 is 0. The van der Waals surface area contributed by atoms with E-state index < -0.39 is 41.2 Å². The molecule has 0 aromatic heterocycles. The molecule has 0 bridgehead atoms. The van der Waals surface area contributed by atoms with E-state index in [0.29, 0.717) is 5.56 Å². The second-order valence-corrected chi connectivity index (χ2v) is 6.40. The number of benzene rings is 1. The van der Waals surface area contributed by atoms with Crippen LogP contribution in [0.1, 0.15) is 18.5 Å². The van der Waals surface area contributed by atoms with Gasteiger partial charge in [-0.05, 0) is 19.1 Å². The van der Waals surface area contributed by atoms with E-state index in [-0.39, 0.29) is 11.5 Å². The Kier molecular flexibility index (Phi) is 3.52. The van der Waals surface area contributed by atoms with Crippen molar-refractivity contribution in [2.75, 3.05) is 14.2 Å². The Morgan fingerprint density at radius 3 is 2.62 bits per heavy atom. The zero-order valence-corrected chi connectivity index (χ0v) is 13.5. The van der Waals surface area contributed by atoms with Crippen LogP contribution in [-0.4, -0.2) is 47.5 Å². The van der Waals surface area contributed by atoms with Crippen molar-refractivity contribution < 1.29 is 34.7 Å². The molecular weight excluding hydrogens is 316 g/mol. The summed E-state index contributed by atoms with van der Waals surface area (Å²) in [5, 5.41) is 23.5. The van der Waals surface area contributed by atoms with Gasteiger partial charge in [0.25, 0.3) is 0 Å². The fraction of sp³-hybridized carbons (Fsp3) is 0.438. The Hall–Kier alpha value is -2.61. The summed E-state index contributed by atoms with van der Waals surface area (Å²) in [6.07, 6.45) is 0. The Morgan fingerprint density at radius 2 is 2.04 bits per heavy atom. The van der Waals surface area contributed by atoms with Gasteiger partial charge in [-0.15, -0.1) is 0 Å². The normalized spacial score (nSPS) is 32.1. The monoisotopic (exact) mass is 334 g/mol. The number of carbonyl (C=O) groups excluding carboxylic acids is 3. The largest absolute Gasteiger partial charge is 0.544 e. The number of imide groups is 1. The van der Waals surface area contributed by atoms with E-state index in [2.05, 4.69) is 0 Å². The first-order valence-electron chi connectivity index (χ1n) is 7.48. The van der Waals surface area contributed by atoms with Crippen molar-refractivity contribution >= 4 is 17.8 Å². The van der Waals surface area contributed by atoms with Crippen LogP contribution in [0.2, 0.25) is 0 Å². The van der Waals surface area contributed by atoms with Crippen LogP contribution in [0.4, 0.5) is 0 Å². The molecule has 4 atom stereocenters. The maximum Gasteiger partial charge on any atom is 0.239 e. The zero-order valence-electron chi connectivity index (χ0n) is 13.5. The quantitative estimate of drug-likeness (QED) is 0.602. The van der Waals surface area contributed by atoms with E-state index >= 15 is 0 Å². The lowest BCUT2D eigenvalue weighted by molar-refractivity contribution is -0.735. The molecule has 3 N–H and O–H groups in total. The number of methoxy groups -OCH3 is 1. The fourth-order valence-corrected chi connectivity index (χ4v) is 3.86. The first-order chi connectivity index (χ1) is 11.2. The number of carboxylic acids is 1. The van der Waals surface area contributed by atoms with Crippen molar-refractivity contribution in [3.63, 3.8) is 0 Å². The third-order valence-electron chi connectivity index (χ3n) is 5.18. The van der Waals surface area contributed by atoms with E-state index in [1.807, 2.05) is 0 Å². The fourth-order valence-electron chi connectivity index (χ4n) is 3.86. The molecule has 0 radical (unpaired) electrons. The second-order valence-electron chi connectivity index (χ2n) is 6.40. The number of hydrogen-bond donors (Lipinski definition) is 2. The Labute approximate surface area is 138 Å². The lowest BCUT2D eigenvalue weighted by atomic mass is 9.80. The van der Waals surface area contributed by atoms with Gasteiger partial charge in [0.05, 0.1) is 12.7 Å². The van der Waals surface area contributed by atoms with Crippen molar-refractivity contribution in [1.29, 1.82) is 0 Å². The number of nitrogens with two attached hydrogens (primary N) is 1. The highest BCUT2D eigenvalue weighted by Crippen LogP contribution is 2.46. The molecule has 1 aromatic carbocycles. The van der Waals surface area contributed by atoms with Gasteiger partial charge in [-0.2, -0.15) is 0 Å². The average molecular weight is 334 g/mol. The maximum absolute atomic E-state index is 12.5. The Bertz CT molecular complexity index is 748. The highest BCUT2D eigenvalue weighted by molar-refractivity contribution is 6.08. The van der Waals surface area contributed by atoms with Gasteiger partial charge in [0.2, 0.25) is 11.8 Å². The SMILES string of the molecule is COc1cccc([C@@H]2[NH2+][C@](C)(C(=O)[O-])[C@@H]3C(=O)N(C)C(=O)[C@@H]32)c1O. The number of aliphatic carboxylic acids is 1. The van der Waals surface area contributed by atoms with Crippen molar-refractivity contribution in [2.45, 2.75) is 18.5 Å². The predicted molar refractivity (Wildman–Crippen MR) is 77.5 cm³/mol. The molecule has 2 amide bonds. The predicted octanol–water partition coefficient (Wildman–Crippen LogP) is -2.24. The number of fused-ring (bicyclic) bond motifs is 1. The molecule has 8 heteroatoms. The van der Waals surface area contributed by atoms with E-state index in [4.69, 9.17) is 4.74 Å². The number of carbonyl (C=O) groups is 3. The number of rotatable bonds is 3. The smallest absolute Gasteiger partial charge is 0.239 e. The van der Waals surface area contributed by atoms with Gasteiger partial charge in [-0.25, -0.2) is 0 Å². The molecule has 24 heavy (non-hydrogen) atoms. The summed E-state index contributed by atoms with van der Waals surface area (Å²) in [4.78, 5) is 37.6. The van der Waals surface area contributed by atoms with Crippen molar-refractivity contribution in [3.8, 4) is 11.5 Å². The topological polar surface area (TPSA) is 124 Å². The second kappa shape index (κ2) is 5.20. The van der Waals surface area contributed by atoms with Crippen LogP contribution >= 0.6 is 0 Å². The van der Waals surface area contributed by atoms with Gasteiger partial charge in [0, 0.05) is 7.05 Å². The van der Waals surface area contributed by atoms with Crippen LogP contribution in [0.25, 0.3) is 0 Å². The van der Waals surface area contributed by atoms with Crippen molar-refractivity contribution in [2.24, 2.45) is 11.8 Å². The number of aromatic hydroxyl groups is 1. The minimum Gasteiger partial charge on any atom is -0.544 e. The number of hydrogen-bond acceptors (Lipinski definition) is 6. The molecule has 1 aromatic rings. The summed E-state index contributed by atoms with van der Waals surface area (Å²) in [5.41, 5.74) is -1.24. The molecule has 0 unspecified atom stereocenters. The standard InChI is InChI=1S/C16H18N2O6/c1-16(15(22)23)10-9(13(20)18(2)14(10)21)11(17-16)7-5-4-6-8(24-3)12(7)19/h4-6,9-11,17,19H,1-3H3,(H,22,23)/t9-,10-,11-,16-/m0/s1. The van der Waals surface area contributed by atoms with Gasteiger partial charge >= 0.3 is 0 Å². The first-order valence-corrected chi connectivity index (χ1v) is 7.48. The molecule has 2 aliphatic heterocycles. The molecule has 0 saturated carbocycles. The van der Waals surface area contributed by atoms with Crippen LogP contribution in [-0.2, 0) is 14.4 Å². The highest BCUT2D eigenvalue weighted by Gasteiger charge is 2.67. The van der Waals surface area contributed by atoms with E-state index in [9.17, 15) is 24.6 Å². The van der Waals surface area contributed by atoms with Crippen molar-refractivity contribution in [1.82, 2.24) is 4.90 Å². The van der Waals surface area contributed by atoms with Crippen LogP contribution in [0.15, 0.2) is 18.2 Å². The van der Waals surface area contributed by atoms with E-state index in [1.165, 1.54) is 26.4 Å². The zero-order chi connectivity index (χ0) is 17.8. The van der Waals surface area contributed by atoms with Crippen LogP contribution < -0.4 is 15.2 Å². The number of likely N-dealkylation sites (tertiary alicyclic amines) is 1. The minimum atomic E-state index is -1.59. The number of amides is 2. The van der Waals surface area contributed by atoms with E-state index in [0.717, 1.165) is 4.90 Å². The molecule has 2 heterocycles. The number of quaternary nitrogens is 1. The third-order valence-corrected chi connectivity index (χ3v) is 5.18. The number of phenolic OH excluding ortho intramolecular Hbond substituents is 1. The lowest BCUT2D eigenvalue weighted by Gasteiger charge is -2.28. The van der Waals surface area contributed by atoms with Crippen LogP contribution in [0, 0.1) is 11.8 Å². The summed E-state index contributed by atoms with van der Waals surface area (Å²) in [6, 6.07) is 4.05. The molecular formula is C16H18N2O6. The number of phenols is 1. The minimum absolute atomic E-state index is 0.169. The van der Waals surface area contributed by atoms with Gasteiger partial charge < -0.3 is 25.1 Å². The van der Waals surface area contributed by atoms with E-state index in [1.54, 1.807) is 18.2 Å². The summed E-state index contributed by atoms with van der Waals surface area (Å²) in [5.74, 6) is -4.31. The molecule has 2 saturated heterocycles. The van der Waals surface area contributed by atoms with Crippen molar-refractivity contribution in [3.05, 3.63) is 23.8 Å². The Balaban J connectivity index is 2.15. The number of carboxylic acid groups (broad SMARTS) is 1. The molecule has 2 fully saturated rings. The molecule has 0 spiro atoms. The number of ether oxygens (including phenoxy) is 1.